The van der Waals surface area contributed by atoms with Gasteiger partial charge >= 0.3 is 0 Å². The fraction of sp³-hybridized carbons (Fsp3) is 0.185. The Morgan fingerprint density at radius 2 is 1.45 bits per heavy atom. The Morgan fingerprint density at radius 1 is 0.828 bits per heavy atom. The molecule has 1 aromatic heterocycles. The van der Waals surface area contributed by atoms with E-state index in [1.165, 1.54) is 53.6 Å². The van der Waals surface area contributed by atoms with Crippen LogP contribution in [0.5, 0.6) is 0 Å². The van der Waals surface area contributed by atoms with Crippen LogP contribution in [-0.4, -0.2) is 0 Å². The fourth-order valence-corrected chi connectivity index (χ4v) is 5.58. The fourth-order valence-electron chi connectivity index (χ4n) is 3.91. The van der Waals surface area contributed by atoms with Gasteiger partial charge in [-0.1, -0.05) is 31.4 Å². The monoisotopic (exact) mass is 414 g/mol. The van der Waals surface area contributed by atoms with Crippen molar-refractivity contribution in [3.05, 3.63) is 93.1 Å². The zero-order valence-corrected chi connectivity index (χ0v) is 19.2. The summed E-state index contributed by atoms with van der Waals surface area (Å²) in [6, 6.07) is 18.4. The van der Waals surface area contributed by atoms with E-state index in [1.807, 2.05) is 18.3 Å². The van der Waals surface area contributed by atoms with Crippen molar-refractivity contribution in [2.75, 3.05) is 0 Å². The van der Waals surface area contributed by atoms with E-state index in [9.17, 15) is 0 Å². The molecule has 146 valence electrons. The molecule has 4 rings (SSSR count). The van der Waals surface area contributed by atoms with Crippen molar-refractivity contribution in [1.82, 2.24) is 0 Å². The van der Waals surface area contributed by atoms with Crippen LogP contribution < -0.4 is 0 Å². The molecule has 0 saturated carbocycles. The first-order valence-electron chi connectivity index (χ1n) is 9.86. The molecule has 0 bridgehead atoms. The first kappa shape index (κ1) is 20.0. The van der Waals surface area contributed by atoms with Crippen LogP contribution in [0.4, 0.5) is 0 Å². The van der Waals surface area contributed by atoms with Crippen LogP contribution in [0.3, 0.4) is 0 Å². The van der Waals surface area contributed by atoms with Gasteiger partial charge in [0.1, 0.15) is 0 Å². The molecule has 0 saturated heterocycles. The van der Waals surface area contributed by atoms with E-state index in [0.717, 1.165) is 16.2 Å². The first-order valence-corrected chi connectivity index (χ1v) is 11.5. The van der Waals surface area contributed by atoms with Gasteiger partial charge < -0.3 is 0 Å². The molecule has 29 heavy (non-hydrogen) atoms. The van der Waals surface area contributed by atoms with E-state index in [0.29, 0.717) is 0 Å². The van der Waals surface area contributed by atoms with Gasteiger partial charge in [0.25, 0.3) is 0 Å². The zero-order chi connectivity index (χ0) is 20.7. The molecule has 0 atom stereocenters. The van der Waals surface area contributed by atoms with Crippen molar-refractivity contribution in [1.29, 1.82) is 0 Å². The molecule has 0 fully saturated rings. The van der Waals surface area contributed by atoms with E-state index < -0.39 is 0 Å². The van der Waals surface area contributed by atoms with Crippen LogP contribution in [0.15, 0.2) is 71.5 Å². The number of aryl methyl sites for hydroxylation is 3. The Morgan fingerprint density at radius 3 is 2.07 bits per heavy atom. The second kappa shape index (κ2) is 7.85. The average molecular weight is 415 g/mol. The van der Waals surface area contributed by atoms with Crippen LogP contribution in [0, 0.1) is 20.8 Å². The smallest absolute Gasteiger partial charge is 0.0348 e. The molecule has 0 spiro atoms. The van der Waals surface area contributed by atoms with Crippen LogP contribution in [0.1, 0.15) is 28.5 Å². The summed E-state index contributed by atoms with van der Waals surface area (Å²) >= 11 is 3.55. The largest absolute Gasteiger partial charge is 0.141 e. The van der Waals surface area contributed by atoms with Gasteiger partial charge in [0.05, 0.1) is 0 Å². The number of fused-ring (bicyclic) bond motifs is 2. The van der Waals surface area contributed by atoms with Gasteiger partial charge in [-0.3, -0.25) is 0 Å². The maximum absolute atomic E-state index is 4.22. The number of thiophene rings is 1. The molecule has 0 N–H and O–H groups in total. The lowest BCUT2D eigenvalue weighted by Crippen LogP contribution is -1.92. The van der Waals surface area contributed by atoms with Gasteiger partial charge in [0.15, 0.2) is 0 Å². The normalized spacial score (nSPS) is 11.3. The Labute approximate surface area is 182 Å². The third-order valence-electron chi connectivity index (χ3n) is 5.31. The van der Waals surface area contributed by atoms with Gasteiger partial charge in [-0.2, -0.15) is 0 Å². The van der Waals surface area contributed by atoms with Gasteiger partial charge in [-0.05, 0) is 112 Å². The van der Waals surface area contributed by atoms with Crippen LogP contribution in [0.2, 0.25) is 0 Å². The first-order chi connectivity index (χ1) is 13.8. The number of rotatable bonds is 5. The van der Waals surface area contributed by atoms with Gasteiger partial charge in [-0.25, -0.2) is 0 Å². The van der Waals surface area contributed by atoms with Crippen molar-refractivity contribution in [2.45, 2.75) is 34.1 Å². The SMILES string of the molecule is C=C(C)SC(=C)Cc1cc2cc3cc(C)c(-c4ccc(C)s4)cc3cc2cc1C. The predicted molar refractivity (Wildman–Crippen MR) is 134 cm³/mol. The summed E-state index contributed by atoms with van der Waals surface area (Å²) in [6.07, 6.45) is 0.882. The molecule has 0 radical (unpaired) electrons. The zero-order valence-electron chi connectivity index (χ0n) is 17.6. The number of thioether (sulfide) groups is 1. The van der Waals surface area contributed by atoms with E-state index >= 15 is 0 Å². The Bertz CT molecular complexity index is 1270. The van der Waals surface area contributed by atoms with Crippen LogP contribution in [-0.2, 0) is 6.42 Å². The second-order valence-electron chi connectivity index (χ2n) is 7.92. The van der Waals surface area contributed by atoms with Crippen molar-refractivity contribution >= 4 is 44.6 Å². The van der Waals surface area contributed by atoms with Gasteiger partial charge in [-0.15, -0.1) is 23.1 Å². The molecule has 0 unspecified atom stereocenters. The third kappa shape index (κ3) is 4.19. The number of hydrogen-bond donors (Lipinski definition) is 0. The molecule has 3 aromatic carbocycles. The molecular weight excluding hydrogens is 388 g/mol. The minimum absolute atomic E-state index is 0.882. The Hall–Kier alpha value is -2.29. The Kier molecular flexibility index (Phi) is 5.42. The van der Waals surface area contributed by atoms with Crippen LogP contribution in [0.25, 0.3) is 32.0 Å². The molecule has 0 amide bonds. The van der Waals surface area contributed by atoms with Gasteiger partial charge in [0, 0.05) is 16.2 Å². The van der Waals surface area contributed by atoms with Crippen molar-refractivity contribution in [3.63, 3.8) is 0 Å². The third-order valence-corrected chi connectivity index (χ3v) is 7.12. The minimum Gasteiger partial charge on any atom is -0.141 e. The average Bonchev–Trinajstić information content (AvgIpc) is 3.06. The molecule has 2 heteroatoms. The summed E-state index contributed by atoms with van der Waals surface area (Å²) in [6.45, 7) is 16.8. The molecule has 1 heterocycles. The van der Waals surface area contributed by atoms with E-state index in [-0.39, 0.29) is 0 Å². The molecule has 0 nitrogen and oxygen atoms in total. The molecule has 0 aliphatic rings. The molecular formula is C27H26S2. The highest BCUT2D eigenvalue weighted by atomic mass is 32.2. The van der Waals surface area contributed by atoms with E-state index in [4.69, 9.17) is 0 Å². The molecule has 0 aliphatic carbocycles. The quantitative estimate of drug-likeness (QED) is 0.294. The maximum atomic E-state index is 4.22. The van der Waals surface area contributed by atoms with Crippen molar-refractivity contribution in [2.24, 2.45) is 0 Å². The highest BCUT2D eigenvalue weighted by Crippen LogP contribution is 2.35. The standard InChI is InChI=1S/C27H26S2/c1-16(2)28-20(6)11-21-12-24-13-23-10-18(4)26(27-8-7-19(5)29-27)15-25(23)14-22(24)9-17(21)3/h7-10,12-15H,1,6,11H2,2-5H3. The van der Waals surface area contributed by atoms with Crippen molar-refractivity contribution in [3.8, 4) is 10.4 Å². The summed E-state index contributed by atoms with van der Waals surface area (Å²) in [7, 11) is 0. The summed E-state index contributed by atoms with van der Waals surface area (Å²) < 4.78 is 0. The summed E-state index contributed by atoms with van der Waals surface area (Å²) in [5.41, 5.74) is 5.34. The maximum Gasteiger partial charge on any atom is 0.0348 e. The number of benzene rings is 3. The minimum atomic E-state index is 0.882. The lowest BCUT2D eigenvalue weighted by molar-refractivity contribution is 1.21. The van der Waals surface area contributed by atoms with Crippen LogP contribution >= 0.6 is 23.1 Å². The number of hydrogen-bond acceptors (Lipinski definition) is 2. The van der Waals surface area contributed by atoms with Crippen molar-refractivity contribution < 1.29 is 0 Å². The topological polar surface area (TPSA) is 0 Å². The Balaban J connectivity index is 1.79. The predicted octanol–water partition coefficient (Wildman–Crippen LogP) is 8.97. The molecule has 0 aliphatic heterocycles. The lowest BCUT2D eigenvalue weighted by Gasteiger charge is -2.12. The molecule has 4 aromatic rings. The second-order valence-corrected chi connectivity index (χ2v) is 10.7. The lowest BCUT2D eigenvalue weighted by atomic mass is 9.94. The van der Waals surface area contributed by atoms with E-state index in [2.05, 4.69) is 82.5 Å². The highest BCUT2D eigenvalue weighted by molar-refractivity contribution is 8.06. The summed E-state index contributed by atoms with van der Waals surface area (Å²) in [5.74, 6) is 0. The van der Waals surface area contributed by atoms with E-state index in [1.54, 1.807) is 11.8 Å². The summed E-state index contributed by atoms with van der Waals surface area (Å²) in [5, 5.41) is 5.20. The summed E-state index contributed by atoms with van der Waals surface area (Å²) in [4.78, 5) is 4.94. The van der Waals surface area contributed by atoms with Gasteiger partial charge in [0.2, 0.25) is 0 Å². The number of allylic oxidation sites excluding steroid dienone is 2. The highest BCUT2D eigenvalue weighted by Gasteiger charge is 2.10.